The lowest BCUT2D eigenvalue weighted by Gasteiger charge is -2.36. The number of halogens is 1. The Kier molecular flexibility index (Phi) is 6.84. The minimum atomic E-state index is -0.533. The molecule has 1 heterocycles. The van der Waals surface area contributed by atoms with E-state index in [4.69, 9.17) is 11.6 Å². The van der Waals surface area contributed by atoms with Crippen molar-refractivity contribution < 1.29 is 9.72 Å². The Balaban J connectivity index is 1.39. The molecule has 0 bridgehead atoms. The maximum atomic E-state index is 12.2. The van der Waals surface area contributed by atoms with Crippen LogP contribution in [0.15, 0.2) is 48.5 Å². The Morgan fingerprint density at radius 3 is 2.43 bits per heavy atom. The van der Waals surface area contributed by atoms with Gasteiger partial charge in [-0.05, 0) is 43.3 Å². The summed E-state index contributed by atoms with van der Waals surface area (Å²) in [5, 5.41) is 14.5. The summed E-state index contributed by atoms with van der Waals surface area (Å²) in [4.78, 5) is 27.4. The molecule has 7 nitrogen and oxygen atoms in total. The van der Waals surface area contributed by atoms with Gasteiger partial charge in [-0.25, -0.2) is 0 Å². The summed E-state index contributed by atoms with van der Waals surface area (Å²) in [6.45, 7) is 5.18. The second-order valence-electron chi connectivity index (χ2n) is 6.69. The van der Waals surface area contributed by atoms with Crippen molar-refractivity contribution in [2.24, 2.45) is 0 Å². The SMILES string of the molecule is O=C(NCCCN1CCN(c2ccc(Cl)cc2)CC1)c1ccccc1[N+](=O)[O-]. The van der Waals surface area contributed by atoms with Crippen LogP contribution in [0.3, 0.4) is 0 Å². The minimum absolute atomic E-state index is 0.101. The highest BCUT2D eigenvalue weighted by molar-refractivity contribution is 6.30. The van der Waals surface area contributed by atoms with Crippen LogP contribution in [0.25, 0.3) is 0 Å². The summed E-state index contributed by atoms with van der Waals surface area (Å²) < 4.78 is 0. The summed E-state index contributed by atoms with van der Waals surface area (Å²) in [6, 6.07) is 13.9. The van der Waals surface area contributed by atoms with Gasteiger partial charge < -0.3 is 10.2 Å². The smallest absolute Gasteiger partial charge is 0.282 e. The lowest BCUT2D eigenvalue weighted by Crippen LogP contribution is -2.47. The number of carbonyl (C=O) groups is 1. The molecule has 0 aliphatic carbocycles. The van der Waals surface area contributed by atoms with Crippen LogP contribution in [0.5, 0.6) is 0 Å². The zero-order valence-corrected chi connectivity index (χ0v) is 16.3. The summed E-state index contributed by atoms with van der Waals surface area (Å²) in [7, 11) is 0. The van der Waals surface area contributed by atoms with Crippen LogP contribution in [0.1, 0.15) is 16.8 Å². The van der Waals surface area contributed by atoms with Gasteiger partial charge in [-0.2, -0.15) is 0 Å². The fourth-order valence-electron chi connectivity index (χ4n) is 3.31. The first-order valence-electron chi connectivity index (χ1n) is 9.29. The molecule has 0 atom stereocenters. The van der Waals surface area contributed by atoms with E-state index >= 15 is 0 Å². The van der Waals surface area contributed by atoms with Crippen LogP contribution < -0.4 is 10.2 Å². The Morgan fingerprint density at radius 1 is 1.07 bits per heavy atom. The maximum Gasteiger partial charge on any atom is 0.282 e. The van der Waals surface area contributed by atoms with Gasteiger partial charge >= 0.3 is 0 Å². The number of para-hydroxylation sites is 1. The first kappa shape index (κ1) is 20.1. The number of nitro benzene ring substituents is 1. The van der Waals surface area contributed by atoms with Gasteiger partial charge in [0.1, 0.15) is 5.56 Å². The summed E-state index contributed by atoms with van der Waals surface area (Å²) in [6.07, 6.45) is 0.799. The Hall–Kier alpha value is -2.64. The largest absolute Gasteiger partial charge is 0.369 e. The average molecular weight is 403 g/mol. The molecular formula is C20H23ClN4O3. The molecule has 2 aromatic carbocycles. The number of hydrogen-bond acceptors (Lipinski definition) is 5. The molecule has 1 aliphatic rings. The molecule has 0 unspecified atom stereocenters. The summed E-state index contributed by atoms with van der Waals surface area (Å²) >= 11 is 5.94. The topological polar surface area (TPSA) is 78.7 Å². The molecule has 1 aliphatic heterocycles. The third-order valence-electron chi connectivity index (χ3n) is 4.85. The van der Waals surface area contributed by atoms with Crippen LogP contribution in [-0.2, 0) is 0 Å². The number of rotatable bonds is 7. The van der Waals surface area contributed by atoms with Gasteiger partial charge in [-0.3, -0.25) is 19.8 Å². The summed E-state index contributed by atoms with van der Waals surface area (Å²) in [5.41, 5.74) is 1.11. The lowest BCUT2D eigenvalue weighted by molar-refractivity contribution is -0.385. The lowest BCUT2D eigenvalue weighted by atomic mass is 10.1. The molecule has 1 N–H and O–H groups in total. The van der Waals surface area contributed by atoms with Crippen molar-refractivity contribution in [2.75, 3.05) is 44.2 Å². The van der Waals surface area contributed by atoms with Crippen molar-refractivity contribution in [1.82, 2.24) is 10.2 Å². The monoisotopic (exact) mass is 402 g/mol. The molecule has 0 spiro atoms. The molecule has 1 amide bonds. The van der Waals surface area contributed by atoms with E-state index in [1.807, 2.05) is 24.3 Å². The average Bonchev–Trinajstić information content (AvgIpc) is 2.72. The van der Waals surface area contributed by atoms with Crippen molar-refractivity contribution >= 4 is 28.9 Å². The standard InChI is InChI=1S/C20H23ClN4O3/c21-16-6-8-17(9-7-16)24-14-12-23(13-15-24)11-3-10-22-20(26)18-4-1-2-5-19(18)25(27)28/h1-2,4-9H,3,10-15H2,(H,22,26). The van der Waals surface area contributed by atoms with E-state index in [0.29, 0.717) is 6.54 Å². The molecule has 0 aromatic heterocycles. The number of nitrogens with one attached hydrogen (secondary N) is 1. The van der Waals surface area contributed by atoms with Gasteiger partial charge in [0.15, 0.2) is 0 Å². The first-order chi connectivity index (χ1) is 13.5. The molecule has 0 radical (unpaired) electrons. The molecule has 148 valence electrons. The molecule has 1 saturated heterocycles. The number of benzene rings is 2. The second kappa shape index (κ2) is 9.52. The van der Waals surface area contributed by atoms with Crippen LogP contribution in [-0.4, -0.2) is 55.0 Å². The van der Waals surface area contributed by atoms with Crippen molar-refractivity contribution in [3.63, 3.8) is 0 Å². The van der Waals surface area contributed by atoms with Crippen molar-refractivity contribution in [1.29, 1.82) is 0 Å². The van der Waals surface area contributed by atoms with E-state index in [0.717, 1.165) is 44.2 Å². The van der Waals surface area contributed by atoms with E-state index < -0.39 is 10.8 Å². The number of hydrogen-bond donors (Lipinski definition) is 1. The Labute approximate surface area is 169 Å². The van der Waals surface area contributed by atoms with Gasteiger partial charge in [0.2, 0.25) is 0 Å². The minimum Gasteiger partial charge on any atom is -0.369 e. The number of nitro groups is 1. The molecule has 1 fully saturated rings. The highest BCUT2D eigenvalue weighted by atomic mass is 35.5. The van der Waals surface area contributed by atoms with E-state index in [2.05, 4.69) is 15.1 Å². The zero-order valence-electron chi connectivity index (χ0n) is 15.5. The molecule has 28 heavy (non-hydrogen) atoms. The van der Waals surface area contributed by atoms with Gasteiger partial charge in [0, 0.05) is 49.5 Å². The van der Waals surface area contributed by atoms with E-state index in [9.17, 15) is 14.9 Å². The first-order valence-corrected chi connectivity index (χ1v) is 9.67. The highest BCUT2D eigenvalue weighted by Gasteiger charge is 2.19. The van der Waals surface area contributed by atoms with Crippen molar-refractivity contribution in [3.8, 4) is 0 Å². The fourth-order valence-corrected chi connectivity index (χ4v) is 3.43. The maximum absolute atomic E-state index is 12.2. The molecule has 0 saturated carbocycles. The predicted molar refractivity (Wildman–Crippen MR) is 110 cm³/mol. The van der Waals surface area contributed by atoms with E-state index in [1.54, 1.807) is 12.1 Å². The Bertz CT molecular complexity index is 820. The normalized spacial score (nSPS) is 14.7. The van der Waals surface area contributed by atoms with Crippen LogP contribution >= 0.6 is 11.6 Å². The molecular weight excluding hydrogens is 380 g/mol. The van der Waals surface area contributed by atoms with Crippen LogP contribution in [0, 0.1) is 10.1 Å². The van der Waals surface area contributed by atoms with Gasteiger partial charge in [-0.1, -0.05) is 23.7 Å². The second-order valence-corrected chi connectivity index (χ2v) is 7.13. The molecule has 2 aromatic rings. The number of piperazine rings is 1. The zero-order chi connectivity index (χ0) is 19.9. The fraction of sp³-hybridized carbons (Fsp3) is 0.350. The van der Waals surface area contributed by atoms with Gasteiger partial charge in [-0.15, -0.1) is 0 Å². The van der Waals surface area contributed by atoms with Gasteiger partial charge in [0.25, 0.3) is 11.6 Å². The van der Waals surface area contributed by atoms with Crippen LogP contribution in [0.2, 0.25) is 5.02 Å². The van der Waals surface area contributed by atoms with Crippen molar-refractivity contribution in [3.05, 3.63) is 69.2 Å². The molecule has 8 heteroatoms. The van der Waals surface area contributed by atoms with Crippen molar-refractivity contribution in [2.45, 2.75) is 6.42 Å². The number of nitrogens with zero attached hydrogens (tertiary/aromatic N) is 3. The van der Waals surface area contributed by atoms with E-state index in [-0.39, 0.29) is 11.3 Å². The third-order valence-corrected chi connectivity index (χ3v) is 5.10. The predicted octanol–water partition coefficient (Wildman–Crippen LogP) is 3.19. The van der Waals surface area contributed by atoms with Crippen LogP contribution in [0.4, 0.5) is 11.4 Å². The number of amides is 1. The third kappa shape index (κ3) is 5.21. The van der Waals surface area contributed by atoms with E-state index in [1.165, 1.54) is 17.8 Å². The number of anilines is 1. The number of carbonyl (C=O) groups excluding carboxylic acids is 1. The van der Waals surface area contributed by atoms with Gasteiger partial charge in [0.05, 0.1) is 4.92 Å². The Morgan fingerprint density at radius 2 is 1.75 bits per heavy atom. The quantitative estimate of drug-likeness (QED) is 0.437. The molecule has 3 rings (SSSR count). The highest BCUT2D eigenvalue weighted by Crippen LogP contribution is 2.20. The summed E-state index contributed by atoms with van der Waals surface area (Å²) in [5.74, 6) is -0.403.